The molecule has 1 fully saturated rings. The number of hydrogen-bond donors (Lipinski definition) is 1. The molecule has 0 spiro atoms. The van der Waals surface area contributed by atoms with E-state index >= 15 is 0 Å². The van der Waals surface area contributed by atoms with Crippen LogP contribution < -0.4 is 5.32 Å². The molecule has 0 unspecified atom stereocenters. The van der Waals surface area contributed by atoms with Crippen molar-refractivity contribution in [1.29, 1.82) is 0 Å². The van der Waals surface area contributed by atoms with Gasteiger partial charge in [-0.25, -0.2) is 4.79 Å². The molecule has 0 aromatic heterocycles. The highest BCUT2D eigenvalue weighted by atomic mass is 35.5. The number of nitrogens with one attached hydrogen (secondary N) is 1. The smallest absolute Gasteiger partial charge is 0.319 e. The number of carbonyl (C=O) groups excluding carboxylic acids is 1. The zero-order valence-corrected chi connectivity index (χ0v) is 11.6. The molecule has 4 heteroatoms. The van der Waals surface area contributed by atoms with Gasteiger partial charge in [0, 0.05) is 22.8 Å². The largest absolute Gasteiger partial charge is 0.322 e. The Labute approximate surface area is 113 Å². The van der Waals surface area contributed by atoms with Crippen molar-refractivity contribution in [2.45, 2.75) is 45.2 Å². The number of urea groups is 1. The molecule has 2 amide bonds. The molecule has 18 heavy (non-hydrogen) atoms. The maximum atomic E-state index is 12.3. The zero-order valence-electron chi connectivity index (χ0n) is 10.8. The first-order valence-electron chi connectivity index (χ1n) is 6.43. The minimum absolute atomic E-state index is 0.0306. The first-order valence-corrected chi connectivity index (χ1v) is 6.80. The summed E-state index contributed by atoms with van der Waals surface area (Å²) in [5.74, 6) is 0. The van der Waals surface area contributed by atoms with E-state index < -0.39 is 0 Å². The normalized spacial score (nSPS) is 23.8. The van der Waals surface area contributed by atoms with Gasteiger partial charge in [-0.05, 0) is 51.3 Å². The number of amides is 2. The summed E-state index contributed by atoms with van der Waals surface area (Å²) in [7, 11) is 0. The highest BCUT2D eigenvalue weighted by Gasteiger charge is 2.28. The number of benzene rings is 1. The molecule has 1 N–H and O–H groups in total. The van der Waals surface area contributed by atoms with E-state index in [2.05, 4.69) is 19.2 Å². The monoisotopic (exact) mass is 266 g/mol. The molecule has 0 saturated carbocycles. The third kappa shape index (κ3) is 2.96. The summed E-state index contributed by atoms with van der Waals surface area (Å²) in [6, 6.07) is 7.81. The van der Waals surface area contributed by atoms with Gasteiger partial charge in [0.15, 0.2) is 0 Å². The number of nitrogens with zero attached hydrogens (tertiary/aromatic N) is 1. The number of rotatable bonds is 1. The second-order valence-corrected chi connectivity index (χ2v) is 5.41. The van der Waals surface area contributed by atoms with Crippen molar-refractivity contribution in [1.82, 2.24) is 4.90 Å². The molecule has 1 aliphatic heterocycles. The average Bonchev–Trinajstić information content (AvgIpc) is 2.28. The summed E-state index contributed by atoms with van der Waals surface area (Å²) in [5.41, 5.74) is 0.748. The Morgan fingerprint density at radius 2 is 2.00 bits per heavy atom. The summed E-state index contributed by atoms with van der Waals surface area (Å²) in [6.07, 6.45) is 3.35. The number of carbonyl (C=O) groups is 1. The predicted molar refractivity (Wildman–Crippen MR) is 75.1 cm³/mol. The zero-order chi connectivity index (χ0) is 13.1. The first-order chi connectivity index (χ1) is 8.58. The molecule has 98 valence electrons. The van der Waals surface area contributed by atoms with Crippen LogP contribution in [-0.2, 0) is 0 Å². The van der Waals surface area contributed by atoms with Gasteiger partial charge in [-0.3, -0.25) is 0 Å². The van der Waals surface area contributed by atoms with Crippen molar-refractivity contribution in [3.63, 3.8) is 0 Å². The Hall–Kier alpha value is -1.22. The predicted octanol–water partition coefficient (Wildman–Crippen LogP) is 4.13. The van der Waals surface area contributed by atoms with E-state index in [-0.39, 0.29) is 6.03 Å². The lowest BCUT2D eigenvalue weighted by Gasteiger charge is -2.38. The molecular weight excluding hydrogens is 248 g/mol. The Kier molecular flexibility index (Phi) is 4.12. The van der Waals surface area contributed by atoms with E-state index in [0.717, 1.165) is 18.5 Å². The van der Waals surface area contributed by atoms with E-state index in [4.69, 9.17) is 11.6 Å². The van der Waals surface area contributed by atoms with Crippen LogP contribution in [0.1, 0.15) is 33.1 Å². The summed E-state index contributed by atoms with van der Waals surface area (Å²) < 4.78 is 0. The minimum Gasteiger partial charge on any atom is -0.319 e. The van der Waals surface area contributed by atoms with Crippen LogP contribution in [0.2, 0.25) is 5.02 Å². The fourth-order valence-corrected chi connectivity index (χ4v) is 2.77. The Morgan fingerprint density at radius 1 is 1.33 bits per heavy atom. The third-order valence-corrected chi connectivity index (χ3v) is 3.74. The fraction of sp³-hybridized carbons (Fsp3) is 0.500. The maximum Gasteiger partial charge on any atom is 0.322 e. The summed E-state index contributed by atoms with van der Waals surface area (Å²) >= 11 is 5.91. The molecule has 1 aromatic rings. The van der Waals surface area contributed by atoms with Crippen LogP contribution in [0.25, 0.3) is 0 Å². The number of likely N-dealkylation sites (tertiary alicyclic amines) is 1. The molecule has 0 bridgehead atoms. The molecule has 1 aromatic carbocycles. The number of halogens is 1. The van der Waals surface area contributed by atoms with Crippen LogP contribution >= 0.6 is 11.6 Å². The molecule has 2 rings (SSSR count). The topological polar surface area (TPSA) is 32.3 Å². The highest BCUT2D eigenvalue weighted by Crippen LogP contribution is 2.24. The average molecular weight is 267 g/mol. The molecule has 1 heterocycles. The van der Waals surface area contributed by atoms with E-state index in [1.165, 1.54) is 6.42 Å². The maximum absolute atomic E-state index is 12.3. The molecule has 2 atom stereocenters. The quantitative estimate of drug-likeness (QED) is 0.814. The van der Waals surface area contributed by atoms with Crippen LogP contribution in [0, 0.1) is 0 Å². The Bertz CT molecular complexity index is 426. The molecule has 0 aliphatic carbocycles. The van der Waals surface area contributed by atoms with Crippen LogP contribution in [0.4, 0.5) is 10.5 Å². The van der Waals surface area contributed by atoms with Crippen LogP contribution in [0.5, 0.6) is 0 Å². The first kappa shape index (κ1) is 13.2. The van der Waals surface area contributed by atoms with Crippen molar-refractivity contribution in [3.8, 4) is 0 Å². The molecule has 1 saturated heterocycles. The molecule has 0 radical (unpaired) electrons. The van der Waals surface area contributed by atoms with Gasteiger partial charge in [-0.2, -0.15) is 0 Å². The van der Waals surface area contributed by atoms with Crippen molar-refractivity contribution >= 4 is 23.3 Å². The van der Waals surface area contributed by atoms with Crippen molar-refractivity contribution in [2.24, 2.45) is 0 Å². The molecular formula is C14H19ClN2O. The van der Waals surface area contributed by atoms with Crippen LogP contribution in [0.15, 0.2) is 24.3 Å². The standard InChI is InChI=1S/C14H19ClN2O/c1-10-5-3-6-11(2)17(10)14(18)16-13-8-4-7-12(15)9-13/h4,7-11H,3,5-6H2,1-2H3,(H,16,18)/t10-,11+. The fourth-order valence-electron chi connectivity index (χ4n) is 2.58. The molecule has 1 aliphatic rings. The Morgan fingerprint density at radius 3 is 2.61 bits per heavy atom. The van der Waals surface area contributed by atoms with Crippen molar-refractivity contribution in [3.05, 3.63) is 29.3 Å². The summed E-state index contributed by atoms with van der Waals surface area (Å²) in [5, 5.41) is 3.55. The molecule has 3 nitrogen and oxygen atoms in total. The lowest BCUT2D eigenvalue weighted by Crippen LogP contribution is -2.49. The lowest BCUT2D eigenvalue weighted by molar-refractivity contribution is 0.133. The van der Waals surface area contributed by atoms with E-state index in [9.17, 15) is 4.79 Å². The Balaban J connectivity index is 2.07. The van der Waals surface area contributed by atoms with Gasteiger partial charge in [0.2, 0.25) is 0 Å². The van der Waals surface area contributed by atoms with E-state index in [1.54, 1.807) is 12.1 Å². The second-order valence-electron chi connectivity index (χ2n) is 4.98. The number of anilines is 1. The van der Waals surface area contributed by atoms with E-state index in [0.29, 0.717) is 17.1 Å². The van der Waals surface area contributed by atoms with Crippen LogP contribution in [-0.4, -0.2) is 23.0 Å². The van der Waals surface area contributed by atoms with Gasteiger partial charge in [0.1, 0.15) is 0 Å². The number of piperidine rings is 1. The third-order valence-electron chi connectivity index (χ3n) is 3.50. The van der Waals surface area contributed by atoms with Crippen molar-refractivity contribution in [2.75, 3.05) is 5.32 Å². The van der Waals surface area contributed by atoms with Gasteiger partial charge in [-0.15, -0.1) is 0 Å². The van der Waals surface area contributed by atoms with Gasteiger partial charge in [-0.1, -0.05) is 17.7 Å². The minimum atomic E-state index is -0.0306. The van der Waals surface area contributed by atoms with Crippen LogP contribution in [0.3, 0.4) is 0 Å². The SMILES string of the molecule is C[C@@H]1CCC[C@H](C)N1C(=O)Nc1cccc(Cl)c1. The summed E-state index contributed by atoms with van der Waals surface area (Å²) in [4.78, 5) is 14.2. The lowest BCUT2D eigenvalue weighted by atomic mass is 9.98. The van der Waals surface area contributed by atoms with E-state index in [1.807, 2.05) is 17.0 Å². The summed E-state index contributed by atoms with van der Waals surface area (Å²) in [6.45, 7) is 4.21. The van der Waals surface area contributed by atoms with Crippen molar-refractivity contribution < 1.29 is 4.79 Å². The second kappa shape index (κ2) is 5.61. The van der Waals surface area contributed by atoms with Gasteiger partial charge in [0.25, 0.3) is 0 Å². The van der Waals surface area contributed by atoms with Gasteiger partial charge >= 0.3 is 6.03 Å². The number of hydrogen-bond acceptors (Lipinski definition) is 1. The highest BCUT2D eigenvalue weighted by molar-refractivity contribution is 6.30. The van der Waals surface area contributed by atoms with Gasteiger partial charge < -0.3 is 10.2 Å². The van der Waals surface area contributed by atoms with Gasteiger partial charge in [0.05, 0.1) is 0 Å².